The molecule has 5 heteroatoms. The molecule has 2 aliphatic carbocycles. The van der Waals surface area contributed by atoms with Gasteiger partial charge in [-0.05, 0) is 31.6 Å². The zero-order valence-corrected chi connectivity index (χ0v) is 12.2. The fraction of sp³-hybridized carbons (Fsp3) is 0.867. The van der Waals surface area contributed by atoms with Crippen LogP contribution in [0.5, 0.6) is 0 Å². The molecule has 0 heterocycles. The van der Waals surface area contributed by atoms with Gasteiger partial charge in [0.2, 0.25) is 5.91 Å². The monoisotopic (exact) mass is 281 g/mol. The number of hydrogen-bond donors (Lipinski definition) is 3. The molecule has 3 N–H and O–H groups in total. The van der Waals surface area contributed by atoms with E-state index in [1.807, 2.05) is 0 Å². The van der Waals surface area contributed by atoms with Gasteiger partial charge in [0, 0.05) is 25.6 Å². The van der Waals surface area contributed by atoms with Crippen molar-refractivity contribution in [1.29, 1.82) is 0 Å². The molecule has 0 aliphatic heterocycles. The number of carbonyl (C=O) groups excluding carboxylic acids is 2. The van der Waals surface area contributed by atoms with Crippen LogP contribution in [0.2, 0.25) is 0 Å². The van der Waals surface area contributed by atoms with E-state index in [0.29, 0.717) is 31.5 Å². The quantitative estimate of drug-likeness (QED) is 0.651. The molecule has 0 aromatic carbocycles. The van der Waals surface area contributed by atoms with Crippen LogP contribution in [0.3, 0.4) is 0 Å². The molecule has 0 bridgehead atoms. The topological polar surface area (TPSA) is 70.2 Å². The van der Waals surface area contributed by atoms with Gasteiger partial charge in [-0.25, -0.2) is 4.79 Å². The summed E-state index contributed by atoms with van der Waals surface area (Å²) in [6.07, 6.45) is 10.2. The largest absolute Gasteiger partial charge is 0.354 e. The third-order valence-corrected chi connectivity index (χ3v) is 4.37. The summed E-state index contributed by atoms with van der Waals surface area (Å²) in [4.78, 5) is 23.3. The summed E-state index contributed by atoms with van der Waals surface area (Å²) in [5.41, 5.74) is 0. The Morgan fingerprint density at radius 3 is 2.15 bits per heavy atom. The maximum absolute atomic E-state index is 11.7. The van der Waals surface area contributed by atoms with E-state index in [1.54, 1.807) is 0 Å². The standard InChI is InChI=1S/C15H27N3O2/c19-14(11-12-5-1-2-6-12)16-9-10-17-15(20)18-13-7-3-4-8-13/h12-13H,1-11H2,(H,16,19)(H2,17,18,20). The Balaban J connectivity index is 1.47. The van der Waals surface area contributed by atoms with Gasteiger partial charge in [-0.1, -0.05) is 25.7 Å². The van der Waals surface area contributed by atoms with Gasteiger partial charge in [0.05, 0.1) is 0 Å². The predicted molar refractivity (Wildman–Crippen MR) is 78.4 cm³/mol. The van der Waals surface area contributed by atoms with Gasteiger partial charge in [0.25, 0.3) is 0 Å². The maximum atomic E-state index is 11.7. The third kappa shape index (κ3) is 5.39. The van der Waals surface area contributed by atoms with Crippen molar-refractivity contribution in [3.63, 3.8) is 0 Å². The molecule has 0 radical (unpaired) electrons. The molecule has 0 atom stereocenters. The average Bonchev–Trinajstić information content (AvgIpc) is 3.08. The summed E-state index contributed by atoms with van der Waals surface area (Å²) >= 11 is 0. The Bertz CT molecular complexity index is 289. The van der Waals surface area contributed by atoms with Crippen LogP contribution in [0.25, 0.3) is 0 Å². The molecule has 0 saturated heterocycles. The fourth-order valence-corrected chi connectivity index (χ4v) is 3.23. The Morgan fingerprint density at radius 2 is 1.45 bits per heavy atom. The van der Waals surface area contributed by atoms with E-state index in [0.717, 1.165) is 12.8 Å². The SMILES string of the molecule is O=C(CC1CCCC1)NCCNC(=O)NC1CCCC1. The van der Waals surface area contributed by atoms with Crippen molar-refractivity contribution in [3.8, 4) is 0 Å². The van der Waals surface area contributed by atoms with Crippen LogP contribution < -0.4 is 16.0 Å². The minimum atomic E-state index is -0.109. The first-order chi connectivity index (χ1) is 9.74. The van der Waals surface area contributed by atoms with Crippen molar-refractivity contribution in [2.75, 3.05) is 13.1 Å². The van der Waals surface area contributed by atoms with E-state index in [2.05, 4.69) is 16.0 Å². The second-order valence-corrected chi connectivity index (χ2v) is 6.09. The van der Waals surface area contributed by atoms with Gasteiger partial charge in [-0.2, -0.15) is 0 Å². The van der Waals surface area contributed by atoms with Crippen molar-refractivity contribution in [2.24, 2.45) is 5.92 Å². The zero-order valence-electron chi connectivity index (χ0n) is 12.2. The number of amides is 3. The lowest BCUT2D eigenvalue weighted by atomic mass is 10.0. The minimum absolute atomic E-state index is 0.109. The van der Waals surface area contributed by atoms with Gasteiger partial charge < -0.3 is 16.0 Å². The van der Waals surface area contributed by atoms with Crippen molar-refractivity contribution in [2.45, 2.75) is 63.8 Å². The molecule has 114 valence electrons. The lowest BCUT2D eigenvalue weighted by Crippen LogP contribution is -2.43. The molecule has 0 aromatic rings. The molecule has 0 unspecified atom stereocenters. The predicted octanol–water partition coefficient (Wildman–Crippen LogP) is 1.92. The lowest BCUT2D eigenvalue weighted by molar-refractivity contribution is -0.121. The number of nitrogens with one attached hydrogen (secondary N) is 3. The summed E-state index contributed by atoms with van der Waals surface area (Å²) in [7, 11) is 0. The smallest absolute Gasteiger partial charge is 0.315 e. The summed E-state index contributed by atoms with van der Waals surface area (Å²) < 4.78 is 0. The second kappa shape index (κ2) is 8.12. The lowest BCUT2D eigenvalue weighted by Gasteiger charge is -2.13. The third-order valence-electron chi connectivity index (χ3n) is 4.37. The summed E-state index contributed by atoms with van der Waals surface area (Å²) in [5, 5.41) is 8.63. The van der Waals surface area contributed by atoms with Crippen molar-refractivity contribution < 1.29 is 9.59 Å². The van der Waals surface area contributed by atoms with Gasteiger partial charge in [-0.3, -0.25) is 4.79 Å². The first kappa shape index (κ1) is 15.1. The maximum Gasteiger partial charge on any atom is 0.315 e. The first-order valence-corrected chi connectivity index (χ1v) is 8.05. The van der Waals surface area contributed by atoms with Crippen molar-refractivity contribution >= 4 is 11.9 Å². The van der Waals surface area contributed by atoms with Gasteiger partial charge in [-0.15, -0.1) is 0 Å². The highest BCUT2D eigenvalue weighted by Gasteiger charge is 2.18. The molecule has 3 amide bonds. The van der Waals surface area contributed by atoms with E-state index in [-0.39, 0.29) is 11.9 Å². The highest BCUT2D eigenvalue weighted by atomic mass is 16.2. The van der Waals surface area contributed by atoms with Gasteiger partial charge >= 0.3 is 6.03 Å². The van der Waals surface area contributed by atoms with E-state index in [1.165, 1.54) is 38.5 Å². The molecule has 20 heavy (non-hydrogen) atoms. The molecular weight excluding hydrogens is 254 g/mol. The molecule has 2 fully saturated rings. The number of urea groups is 1. The Kier molecular flexibility index (Phi) is 6.15. The molecule has 0 aromatic heterocycles. The molecule has 5 nitrogen and oxygen atoms in total. The highest BCUT2D eigenvalue weighted by molar-refractivity contribution is 5.76. The Hall–Kier alpha value is -1.26. The number of rotatable bonds is 6. The van der Waals surface area contributed by atoms with Gasteiger partial charge in [0.15, 0.2) is 0 Å². The normalized spacial score (nSPS) is 20.0. The van der Waals surface area contributed by atoms with Crippen LogP contribution in [0.4, 0.5) is 4.79 Å². The van der Waals surface area contributed by atoms with Crippen LogP contribution in [0.15, 0.2) is 0 Å². The molecule has 2 saturated carbocycles. The van der Waals surface area contributed by atoms with E-state index < -0.39 is 0 Å². The van der Waals surface area contributed by atoms with E-state index in [9.17, 15) is 9.59 Å². The van der Waals surface area contributed by atoms with E-state index in [4.69, 9.17) is 0 Å². The number of hydrogen-bond acceptors (Lipinski definition) is 2. The molecule has 0 spiro atoms. The number of carbonyl (C=O) groups is 2. The summed E-state index contributed by atoms with van der Waals surface area (Å²) in [6.45, 7) is 1.01. The second-order valence-electron chi connectivity index (χ2n) is 6.09. The van der Waals surface area contributed by atoms with E-state index >= 15 is 0 Å². The zero-order chi connectivity index (χ0) is 14.2. The fourth-order valence-electron chi connectivity index (χ4n) is 3.23. The molecule has 2 rings (SSSR count). The van der Waals surface area contributed by atoms with Crippen molar-refractivity contribution in [1.82, 2.24) is 16.0 Å². The first-order valence-electron chi connectivity index (χ1n) is 8.05. The highest BCUT2D eigenvalue weighted by Crippen LogP contribution is 2.27. The van der Waals surface area contributed by atoms with Crippen LogP contribution in [0, 0.1) is 5.92 Å². The van der Waals surface area contributed by atoms with Gasteiger partial charge in [0.1, 0.15) is 0 Å². The summed E-state index contributed by atoms with van der Waals surface area (Å²) in [5.74, 6) is 0.698. The Labute approximate surface area is 121 Å². The molecular formula is C15H27N3O2. The van der Waals surface area contributed by atoms with Crippen LogP contribution in [0.1, 0.15) is 57.8 Å². The van der Waals surface area contributed by atoms with Crippen molar-refractivity contribution in [3.05, 3.63) is 0 Å². The van der Waals surface area contributed by atoms with Crippen LogP contribution >= 0.6 is 0 Å². The minimum Gasteiger partial charge on any atom is -0.354 e. The van der Waals surface area contributed by atoms with Crippen LogP contribution in [-0.4, -0.2) is 31.1 Å². The molecule has 2 aliphatic rings. The average molecular weight is 281 g/mol. The summed E-state index contributed by atoms with van der Waals surface area (Å²) in [6, 6.07) is 0.230. The van der Waals surface area contributed by atoms with Crippen LogP contribution in [-0.2, 0) is 4.79 Å². The Morgan fingerprint density at radius 1 is 0.850 bits per heavy atom.